The minimum absolute atomic E-state index is 0.255. The van der Waals surface area contributed by atoms with Crippen LogP contribution in [0.5, 0.6) is 0 Å². The van der Waals surface area contributed by atoms with Crippen LogP contribution in [0.4, 0.5) is 18.0 Å². The Morgan fingerprint density at radius 1 is 1.05 bits per heavy atom. The first-order chi connectivity index (χ1) is 8.79. The number of urea groups is 1. The summed E-state index contributed by atoms with van der Waals surface area (Å²) in [6.07, 6.45) is -4.45. The minimum Gasteiger partial charge on any atom is -0.269 e. The predicted molar refractivity (Wildman–Crippen MR) is 55.5 cm³/mol. The van der Waals surface area contributed by atoms with Crippen molar-refractivity contribution in [3.63, 3.8) is 0 Å². The molecule has 0 atom stereocenters. The third-order valence-electron chi connectivity index (χ3n) is 2.53. The van der Waals surface area contributed by atoms with E-state index in [-0.39, 0.29) is 6.54 Å². The number of carbonyl (C=O) groups is 3. The van der Waals surface area contributed by atoms with Crippen LogP contribution >= 0.6 is 0 Å². The fraction of sp³-hybridized carbons (Fsp3) is 0.182. The lowest BCUT2D eigenvalue weighted by molar-refractivity contribution is -0.140. The van der Waals surface area contributed by atoms with Gasteiger partial charge in [-0.15, -0.1) is 0 Å². The van der Waals surface area contributed by atoms with Crippen LogP contribution in [-0.4, -0.2) is 22.7 Å². The summed E-state index contributed by atoms with van der Waals surface area (Å²) in [5.74, 6) is -2.07. The standard InChI is InChI=1S/C11H7F3N2O3/c12-11(13,14)7-3-1-6(2-4-7)5-16-9(18)8(17)15-10(16)19/h1-4H,5H2,(H,15,17,19). The lowest BCUT2D eigenvalue weighted by Crippen LogP contribution is -2.30. The highest BCUT2D eigenvalue weighted by molar-refractivity contribution is 6.44. The second-order valence-electron chi connectivity index (χ2n) is 3.85. The first kappa shape index (κ1) is 13.1. The van der Waals surface area contributed by atoms with Gasteiger partial charge >= 0.3 is 24.0 Å². The summed E-state index contributed by atoms with van der Waals surface area (Å²) in [6, 6.07) is 3.10. The van der Waals surface area contributed by atoms with E-state index in [9.17, 15) is 27.6 Å². The van der Waals surface area contributed by atoms with Crippen molar-refractivity contribution in [2.24, 2.45) is 0 Å². The molecule has 0 spiro atoms. The molecule has 0 saturated carbocycles. The van der Waals surface area contributed by atoms with E-state index in [0.29, 0.717) is 10.5 Å². The van der Waals surface area contributed by atoms with Gasteiger partial charge in [-0.3, -0.25) is 19.8 Å². The summed E-state index contributed by atoms with van der Waals surface area (Å²) >= 11 is 0. The lowest BCUT2D eigenvalue weighted by atomic mass is 10.1. The SMILES string of the molecule is O=C1NC(=O)N(Cc2ccc(C(F)(F)F)cc2)C1=O. The molecule has 1 N–H and O–H groups in total. The number of hydrogen-bond acceptors (Lipinski definition) is 3. The van der Waals surface area contributed by atoms with Gasteiger partial charge in [0.25, 0.3) is 0 Å². The number of halogens is 3. The van der Waals surface area contributed by atoms with Crippen molar-refractivity contribution >= 4 is 17.8 Å². The molecule has 4 amide bonds. The van der Waals surface area contributed by atoms with Gasteiger partial charge in [-0.05, 0) is 17.7 Å². The molecule has 0 aliphatic carbocycles. The second-order valence-corrected chi connectivity index (χ2v) is 3.85. The van der Waals surface area contributed by atoms with Gasteiger partial charge in [0.2, 0.25) is 0 Å². The van der Waals surface area contributed by atoms with E-state index < -0.39 is 29.6 Å². The fourth-order valence-electron chi connectivity index (χ4n) is 1.56. The van der Waals surface area contributed by atoms with Crippen molar-refractivity contribution in [3.05, 3.63) is 35.4 Å². The number of amides is 4. The summed E-state index contributed by atoms with van der Waals surface area (Å²) in [5, 5.41) is 1.79. The molecular weight excluding hydrogens is 265 g/mol. The molecule has 1 fully saturated rings. The molecule has 19 heavy (non-hydrogen) atoms. The Morgan fingerprint density at radius 3 is 2.05 bits per heavy atom. The number of hydrogen-bond donors (Lipinski definition) is 1. The van der Waals surface area contributed by atoms with E-state index in [1.165, 1.54) is 0 Å². The summed E-state index contributed by atoms with van der Waals surface area (Å²) in [5.41, 5.74) is -0.518. The van der Waals surface area contributed by atoms with Crippen LogP contribution in [0.3, 0.4) is 0 Å². The monoisotopic (exact) mass is 272 g/mol. The Labute approximate surface area is 105 Å². The highest BCUT2D eigenvalue weighted by atomic mass is 19.4. The molecule has 1 aromatic carbocycles. The topological polar surface area (TPSA) is 66.5 Å². The highest BCUT2D eigenvalue weighted by Gasteiger charge is 2.37. The van der Waals surface area contributed by atoms with Crippen LogP contribution in [-0.2, 0) is 22.3 Å². The first-order valence-corrected chi connectivity index (χ1v) is 5.12. The third-order valence-corrected chi connectivity index (χ3v) is 2.53. The van der Waals surface area contributed by atoms with Crippen molar-refractivity contribution in [2.75, 3.05) is 0 Å². The van der Waals surface area contributed by atoms with Gasteiger partial charge in [-0.2, -0.15) is 13.2 Å². The molecule has 0 bridgehead atoms. The molecule has 1 heterocycles. The maximum atomic E-state index is 12.3. The van der Waals surface area contributed by atoms with E-state index >= 15 is 0 Å². The maximum Gasteiger partial charge on any atom is 0.416 e. The number of benzene rings is 1. The van der Waals surface area contributed by atoms with Crippen LogP contribution in [0.15, 0.2) is 24.3 Å². The Bertz CT molecular complexity index is 551. The number of imide groups is 2. The van der Waals surface area contributed by atoms with Gasteiger partial charge in [-0.1, -0.05) is 12.1 Å². The molecule has 5 nitrogen and oxygen atoms in total. The van der Waals surface area contributed by atoms with E-state index in [0.717, 1.165) is 24.3 Å². The summed E-state index contributed by atoms with van der Waals surface area (Å²) in [4.78, 5) is 34.0. The Morgan fingerprint density at radius 2 is 1.63 bits per heavy atom. The van der Waals surface area contributed by atoms with Crippen molar-refractivity contribution in [3.8, 4) is 0 Å². The molecule has 0 radical (unpaired) electrons. The molecule has 1 aliphatic rings. The van der Waals surface area contributed by atoms with Gasteiger partial charge in [-0.25, -0.2) is 4.79 Å². The molecule has 1 saturated heterocycles. The van der Waals surface area contributed by atoms with Crippen molar-refractivity contribution < 1.29 is 27.6 Å². The Hall–Kier alpha value is -2.38. The van der Waals surface area contributed by atoms with Crippen molar-refractivity contribution in [1.29, 1.82) is 0 Å². The van der Waals surface area contributed by atoms with Crippen LogP contribution < -0.4 is 5.32 Å². The smallest absolute Gasteiger partial charge is 0.269 e. The number of nitrogens with one attached hydrogen (secondary N) is 1. The number of alkyl halides is 3. The van der Waals surface area contributed by atoms with E-state index in [1.807, 2.05) is 0 Å². The number of rotatable bonds is 2. The molecule has 0 aromatic heterocycles. The quantitative estimate of drug-likeness (QED) is 0.651. The Kier molecular flexibility index (Phi) is 3.01. The van der Waals surface area contributed by atoms with Crippen LogP contribution in [0.1, 0.15) is 11.1 Å². The van der Waals surface area contributed by atoms with Crippen LogP contribution in [0.25, 0.3) is 0 Å². The number of nitrogens with zero attached hydrogens (tertiary/aromatic N) is 1. The van der Waals surface area contributed by atoms with Crippen LogP contribution in [0.2, 0.25) is 0 Å². The average molecular weight is 272 g/mol. The van der Waals surface area contributed by atoms with Crippen LogP contribution in [0, 0.1) is 0 Å². The van der Waals surface area contributed by atoms with E-state index in [1.54, 1.807) is 5.32 Å². The maximum absolute atomic E-state index is 12.3. The second kappa shape index (κ2) is 4.38. The fourth-order valence-corrected chi connectivity index (χ4v) is 1.56. The average Bonchev–Trinajstić information content (AvgIpc) is 2.56. The van der Waals surface area contributed by atoms with Gasteiger partial charge in [0.1, 0.15) is 0 Å². The van der Waals surface area contributed by atoms with Gasteiger partial charge in [0, 0.05) is 0 Å². The highest BCUT2D eigenvalue weighted by Crippen LogP contribution is 2.29. The zero-order valence-corrected chi connectivity index (χ0v) is 9.32. The summed E-state index contributed by atoms with van der Waals surface area (Å²) < 4.78 is 37.0. The van der Waals surface area contributed by atoms with E-state index in [4.69, 9.17) is 0 Å². The molecular formula is C11H7F3N2O3. The number of carbonyl (C=O) groups excluding carboxylic acids is 3. The zero-order valence-electron chi connectivity index (χ0n) is 9.32. The van der Waals surface area contributed by atoms with E-state index in [2.05, 4.69) is 0 Å². The summed E-state index contributed by atoms with van der Waals surface area (Å²) in [7, 11) is 0. The molecule has 8 heteroatoms. The van der Waals surface area contributed by atoms with Crippen molar-refractivity contribution in [2.45, 2.75) is 12.7 Å². The molecule has 100 valence electrons. The van der Waals surface area contributed by atoms with Gasteiger partial charge in [0.05, 0.1) is 12.1 Å². The first-order valence-electron chi connectivity index (χ1n) is 5.12. The van der Waals surface area contributed by atoms with Gasteiger partial charge < -0.3 is 0 Å². The Balaban J connectivity index is 2.15. The zero-order chi connectivity index (χ0) is 14.2. The van der Waals surface area contributed by atoms with Crippen molar-refractivity contribution in [1.82, 2.24) is 10.2 Å². The van der Waals surface area contributed by atoms with Gasteiger partial charge in [0.15, 0.2) is 0 Å². The normalized spacial score (nSPS) is 15.9. The molecule has 0 unspecified atom stereocenters. The third kappa shape index (κ3) is 2.56. The lowest BCUT2D eigenvalue weighted by Gasteiger charge is -2.12. The molecule has 1 aliphatic heterocycles. The molecule has 1 aromatic rings. The summed E-state index contributed by atoms with van der Waals surface area (Å²) in [6.45, 7) is -0.255. The minimum atomic E-state index is -4.45. The molecule has 2 rings (SSSR count). The predicted octanol–water partition coefficient (Wildman–Crippen LogP) is 1.28. The largest absolute Gasteiger partial charge is 0.416 e.